The summed E-state index contributed by atoms with van der Waals surface area (Å²) in [6, 6.07) is 10.3. The molecule has 1 atom stereocenters. The molecule has 0 aliphatic carbocycles. The van der Waals surface area contributed by atoms with Gasteiger partial charge in [0.2, 0.25) is 0 Å². The van der Waals surface area contributed by atoms with Crippen LogP contribution in [0.2, 0.25) is 0 Å². The zero-order valence-electron chi connectivity index (χ0n) is 13.5. The zero-order chi connectivity index (χ0) is 15.3. The van der Waals surface area contributed by atoms with E-state index in [1.807, 2.05) is 24.3 Å². The second kappa shape index (κ2) is 13.6. The quantitative estimate of drug-likeness (QED) is 0.213. The lowest BCUT2D eigenvalue weighted by molar-refractivity contribution is 0.0652. The van der Waals surface area contributed by atoms with E-state index in [0.29, 0.717) is 13.2 Å². The maximum Gasteiger partial charge on any atom is 0.191 e. The SMILES string of the molecule is C=CCNC(=NCCCOC(C)c1ccccc1)NCC.I. The summed E-state index contributed by atoms with van der Waals surface area (Å²) >= 11 is 0. The van der Waals surface area contributed by atoms with Crippen molar-refractivity contribution in [2.45, 2.75) is 26.4 Å². The molecule has 1 unspecified atom stereocenters. The fraction of sp³-hybridized carbons (Fsp3) is 0.471. The van der Waals surface area contributed by atoms with E-state index < -0.39 is 0 Å². The molecule has 2 N–H and O–H groups in total. The molecule has 0 bridgehead atoms. The van der Waals surface area contributed by atoms with Gasteiger partial charge in [-0.05, 0) is 25.8 Å². The Hall–Kier alpha value is -1.08. The minimum absolute atomic E-state index is 0. The van der Waals surface area contributed by atoms with Crippen LogP contribution in [0.5, 0.6) is 0 Å². The van der Waals surface area contributed by atoms with Crippen LogP contribution in [0.4, 0.5) is 0 Å². The molecule has 0 saturated carbocycles. The minimum Gasteiger partial charge on any atom is -0.374 e. The number of guanidine groups is 1. The molecule has 1 rings (SSSR count). The van der Waals surface area contributed by atoms with Crippen molar-refractivity contribution in [2.75, 3.05) is 26.2 Å². The first-order valence-corrected chi connectivity index (χ1v) is 7.57. The van der Waals surface area contributed by atoms with Gasteiger partial charge in [0.1, 0.15) is 0 Å². The Morgan fingerprint density at radius 2 is 2.05 bits per heavy atom. The molecule has 22 heavy (non-hydrogen) atoms. The van der Waals surface area contributed by atoms with Crippen molar-refractivity contribution in [3.05, 3.63) is 48.6 Å². The summed E-state index contributed by atoms with van der Waals surface area (Å²) in [7, 11) is 0. The first kappa shape index (κ1) is 20.9. The molecule has 0 fully saturated rings. The Morgan fingerprint density at radius 1 is 1.32 bits per heavy atom. The van der Waals surface area contributed by atoms with E-state index >= 15 is 0 Å². The van der Waals surface area contributed by atoms with Crippen LogP contribution in [-0.2, 0) is 4.74 Å². The molecule has 1 aromatic rings. The molecule has 124 valence electrons. The lowest BCUT2D eigenvalue weighted by Gasteiger charge is -2.13. The standard InChI is InChI=1S/C17H27N3O.HI/c1-4-12-19-17(18-5-2)20-13-9-14-21-15(3)16-10-7-6-8-11-16;/h4,6-8,10-11,15H,1,5,9,12-14H2,2-3H3,(H2,18,19,20);1H. The van der Waals surface area contributed by atoms with Crippen LogP contribution in [0.3, 0.4) is 0 Å². The Labute approximate surface area is 151 Å². The third-order valence-electron chi connectivity index (χ3n) is 2.97. The molecule has 1 aromatic carbocycles. The van der Waals surface area contributed by atoms with Gasteiger partial charge in [-0.3, -0.25) is 4.99 Å². The highest BCUT2D eigenvalue weighted by Gasteiger charge is 2.03. The number of rotatable bonds is 9. The van der Waals surface area contributed by atoms with Crippen molar-refractivity contribution in [1.29, 1.82) is 0 Å². The van der Waals surface area contributed by atoms with E-state index in [0.717, 1.165) is 25.5 Å². The fourth-order valence-corrected chi connectivity index (χ4v) is 1.85. The van der Waals surface area contributed by atoms with Crippen LogP contribution in [-0.4, -0.2) is 32.2 Å². The number of nitrogens with zero attached hydrogens (tertiary/aromatic N) is 1. The largest absolute Gasteiger partial charge is 0.374 e. The van der Waals surface area contributed by atoms with Crippen LogP contribution >= 0.6 is 24.0 Å². The lowest BCUT2D eigenvalue weighted by Crippen LogP contribution is -2.37. The third kappa shape index (κ3) is 9.04. The molecule has 0 spiro atoms. The Bertz CT molecular complexity index is 423. The predicted octanol–water partition coefficient (Wildman–Crippen LogP) is 3.51. The van der Waals surface area contributed by atoms with Gasteiger partial charge < -0.3 is 15.4 Å². The monoisotopic (exact) mass is 417 g/mol. The van der Waals surface area contributed by atoms with Gasteiger partial charge in [-0.2, -0.15) is 0 Å². The highest BCUT2D eigenvalue weighted by molar-refractivity contribution is 14.0. The van der Waals surface area contributed by atoms with E-state index in [1.165, 1.54) is 5.56 Å². The van der Waals surface area contributed by atoms with Crippen LogP contribution in [0, 0.1) is 0 Å². The van der Waals surface area contributed by atoms with Gasteiger partial charge in [-0.1, -0.05) is 36.4 Å². The highest BCUT2D eigenvalue weighted by atomic mass is 127. The molecule has 0 radical (unpaired) electrons. The van der Waals surface area contributed by atoms with Crippen molar-refractivity contribution >= 4 is 29.9 Å². The van der Waals surface area contributed by atoms with Gasteiger partial charge in [0, 0.05) is 26.2 Å². The molecule has 5 heteroatoms. The molecule has 0 heterocycles. The van der Waals surface area contributed by atoms with E-state index in [4.69, 9.17) is 4.74 Å². The fourth-order valence-electron chi connectivity index (χ4n) is 1.85. The molecular formula is C17H28IN3O. The van der Waals surface area contributed by atoms with Crippen molar-refractivity contribution in [3.8, 4) is 0 Å². The van der Waals surface area contributed by atoms with E-state index in [9.17, 15) is 0 Å². The molecule has 0 amide bonds. The second-order valence-corrected chi connectivity index (χ2v) is 4.71. The predicted molar refractivity (Wildman–Crippen MR) is 105 cm³/mol. The minimum atomic E-state index is 0. The summed E-state index contributed by atoms with van der Waals surface area (Å²) in [6.45, 7) is 10.8. The first-order chi connectivity index (χ1) is 10.3. The highest BCUT2D eigenvalue weighted by Crippen LogP contribution is 2.15. The van der Waals surface area contributed by atoms with E-state index in [-0.39, 0.29) is 30.1 Å². The average molecular weight is 417 g/mol. The molecule has 0 aromatic heterocycles. The number of ether oxygens (including phenoxy) is 1. The van der Waals surface area contributed by atoms with Crippen LogP contribution in [0.1, 0.15) is 31.9 Å². The zero-order valence-corrected chi connectivity index (χ0v) is 15.9. The van der Waals surface area contributed by atoms with Gasteiger partial charge in [-0.25, -0.2) is 0 Å². The second-order valence-electron chi connectivity index (χ2n) is 4.71. The number of hydrogen-bond acceptors (Lipinski definition) is 2. The first-order valence-electron chi connectivity index (χ1n) is 7.57. The van der Waals surface area contributed by atoms with Crippen LogP contribution in [0.25, 0.3) is 0 Å². The van der Waals surface area contributed by atoms with Crippen LogP contribution in [0.15, 0.2) is 48.0 Å². The molecule has 4 nitrogen and oxygen atoms in total. The van der Waals surface area contributed by atoms with Gasteiger partial charge in [0.25, 0.3) is 0 Å². The number of benzene rings is 1. The lowest BCUT2D eigenvalue weighted by atomic mass is 10.1. The van der Waals surface area contributed by atoms with Gasteiger partial charge in [0.15, 0.2) is 5.96 Å². The summed E-state index contributed by atoms with van der Waals surface area (Å²) in [6.07, 6.45) is 2.85. The number of hydrogen-bond donors (Lipinski definition) is 2. The summed E-state index contributed by atoms with van der Waals surface area (Å²) < 4.78 is 5.82. The normalized spacial score (nSPS) is 12.2. The Kier molecular flexibility index (Phi) is 12.9. The van der Waals surface area contributed by atoms with E-state index in [2.05, 4.69) is 48.2 Å². The molecule has 0 saturated heterocycles. The maximum atomic E-state index is 5.82. The third-order valence-corrected chi connectivity index (χ3v) is 2.97. The molecule has 0 aliphatic rings. The molecular weight excluding hydrogens is 389 g/mol. The van der Waals surface area contributed by atoms with E-state index in [1.54, 1.807) is 0 Å². The topological polar surface area (TPSA) is 45.7 Å². The van der Waals surface area contributed by atoms with Crippen LogP contribution < -0.4 is 10.6 Å². The van der Waals surface area contributed by atoms with Gasteiger partial charge in [-0.15, -0.1) is 30.6 Å². The van der Waals surface area contributed by atoms with Gasteiger partial charge >= 0.3 is 0 Å². The maximum absolute atomic E-state index is 5.82. The van der Waals surface area contributed by atoms with Crippen molar-refractivity contribution in [2.24, 2.45) is 4.99 Å². The summed E-state index contributed by atoms with van der Waals surface area (Å²) in [4.78, 5) is 4.49. The smallest absolute Gasteiger partial charge is 0.191 e. The Morgan fingerprint density at radius 3 is 2.68 bits per heavy atom. The summed E-state index contributed by atoms with van der Waals surface area (Å²) in [5.74, 6) is 0.827. The summed E-state index contributed by atoms with van der Waals surface area (Å²) in [5, 5.41) is 6.37. The number of aliphatic imine (C=N–C) groups is 1. The molecule has 0 aliphatic heterocycles. The van der Waals surface area contributed by atoms with Gasteiger partial charge in [0.05, 0.1) is 6.10 Å². The average Bonchev–Trinajstić information content (AvgIpc) is 2.52. The number of nitrogens with one attached hydrogen (secondary N) is 2. The summed E-state index contributed by atoms with van der Waals surface area (Å²) in [5.41, 5.74) is 1.21. The van der Waals surface area contributed by atoms with Crippen molar-refractivity contribution in [1.82, 2.24) is 10.6 Å². The van der Waals surface area contributed by atoms with Crippen molar-refractivity contribution < 1.29 is 4.74 Å². The number of halogens is 1. The van der Waals surface area contributed by atoms with Crippen molar-refractivity contribution in [3.63, 3.8) is 0 Å². The Balaban J connectivity index is 0.00000441.